The van der Waals surface area contributed by atoms with Crippen molar-refractivity contribution in [2.75, 3.05) is 13.7 Å². The number of aryl methyl sites for hydroxylation is 2. The molecule has 0 aliphatic heterocycles. The molecule has 3 aromatic rings. The summed E-state index contributed by atoms with van der Waals surface area (Å²) in [5.41, 5.74) is 2.12. The van der Waals surface area contributed by atoms with Gasteiger partial charge in [0.1, 0.15) is 10.7 Å². The molecule has 0 atom stereocenters. The molecule has 0 bridgehead atoms. The summed E-state index contributed by atoms with van der Waals surface area (Å²) in [6, 6.07) is 5.81. The van der Waals surface area contributed by atoms with Crippen molar-refractivity contribution in [1.29, 1.82) is 0 Å². The maximum atomic E-state index is 12.5. The third kappa shape index (κ3) is 3.69. The molecule has 0 amide bonds. The summed E-state index contributed by atoms with van der Waals surface area (Å²) in [5.74, 6) is 2.01. The van der Waals surface area contributed by atoms with Gasteiger partial charge in [0.25, 0.3) is 5.56 Å². The Bertz CT molecular complexity index is 1080. The molecule has 28 heavy (non-hydrogen) atoms. The van der Waals surface area contributed by atoms with Crippen LogP contribution in [0.15, 0.2) is 23.0 Å². The average molecular weight is 397 g/mol. The van der Waals surface area contributed by atoms with Crippen LogP contribution in [0.4, 0.5) is 0 Å². The summed E-state index contributed by atoms with van der Waals surface area (Å²) in [5, 5.41) is 0.782. The highest BCUT2D eigenvalue weighted by Gasteiger charge is 2.20. The third-order valence-electron chi connectivity index (χ3n) is 4.97. The Balaban J connectivity index is 1.58. The first kappa shape index (κ1) is 18.7. The Morgan fingerprint density at radius 2 is 2.14 bits per heavy atom. The second-order valence-corrected chi connectivity index (χ2v) is 8.02. The number of fused-ring (bicyclic) bond motifs is 3. The number of nitrogens with zero attached hydrogens (tertiary/aromatic N) is 1. The summed E-state index contributed by atoms with van der Waals surface area (Å²) < 4.78 is 11.2. The summed E-state index contributed by atoms with van der Waals surface area (Å²) in [7, 11) is 1.64. The molecule has 0 saturated heterocycles. The Morgan fingerprint density at radius 1 is 1.25 bits per heavy atom. The largest absolute Gasteiger partial charge is 0.493 e. The number of ether oxygens (including phenoxy) is 2. The number of aromatic nitrogens is 2. The van der Waals surface area contributed by atoms with Gasteiger partial charge in [0.15, 0.2) is 11.5 Å². The molecule has 5 nitrogen and oxygen atoms in total. The van der Waals surface area contributed by atoms with Crippen molar-refractivity contribution >= 4 is 33.7 Å². The maximum absolute atomic E-state index is 12.5. The van der Waals surface area contributed by atoms with E-state index in [1.807, 2.05) is 30.4 Å². The zero-order valence-corrected chi connectivity index (χ0v) is 17.0. The minimum Gasteiger partial charge on any atom is -0.493 e. The molecule has 146 valence electrons. The molecule has 1 aromatic carbocycles. The van der Waals surface area contributed by atoms with Crippen molar-refractivity contribution in [3.63, 3.8) is 0 Å². The van der Waals surface area contributed by atoms with Gasteiger partial charge in [0.05, 0.1) is 19.1 Å². The van der Waals surface area contributed by atoms with Crippen LogP contribution >= 0.6 is 11.3 Å². The number of H-pyrrole nitrogens is 1. The Labute approximate surface area is 168 Å². The summed E-state index contributed by atoms with van der Waals surface area (Å²) in [6.07, 6.45) is 9.04. The van der Waals surface area contributed by atoms with Crippen LogP contribution in [0.25, 0.3) is 22.4 Å². The van der Waals surface area contributed by atoms with Gasteiger partial charge in [-0.05, 0) is 55.0 Å². The number of thiophene rings is 1. The molecule has 0 radical (unpaired) electrons. The topological polar surface area (TPSA) is 64.2 Å². The Morgan fingerprint density at radius 3 is 2.96 bits per heavy atom. The summed E-state index contributed by atoms with van der Waals surface area (Å²) in [6.45, 7) is 2.81. The van der Waals surface area contributed by atoms with Crippen molar-refractivity contribution in [2.45, 2.75) is 39.0 Å². The normalized spacial score (nSPS) is 13.4. The van der Waals surface area contributed by atoms with E-state index >= 15 is 0 Å². The lowest BCUT2D eigenvalue weighted by molar-refractivity contribution is 0.288. The van der Waals surface area contributed by atoms with E-state index in [1.54, 1.807) is 18.4 Å². The molecule has 4 rings (SSSR count). The van der Waals surface area contributed by atoms with Gasteiger partial charge in [0.2, 0.25) is 0 Å². The first-order valence-corrected chi connectivity index (χ1v) is 10.5. The Kier molecular flexibility index (Phi) is 5.48. The van der Waals surface area contributed by atoms with Gasteiger partial charge in [-0.1, -0.05) is 25.5 Å². The second-order valence-electron chi connectivity index (χ2n) is 6.93. The van der Waals surface area contributed by atoms with Crippen LogP contribution in [0.3, 0.4) is 0 Å². The fourth-order valence-corrected chi connectivity index (χ4v) is 4.78. The molecule has 1 N–H and O–H groups in total. The zero-order valence-electron chi connectivity index (χ0n) is 16.2. The van der Waals surface area contributed by atoms with Crippen LogP contribution < -0.4 is 15.0 Å². The number of aromatic amines is 1. The van der Waals surface area contributed by atoms with E-state index < -0.39 is 0 Å². The van der Waals surface area contributed by atoms with Crippen LogP contribution in [0.1, 0.15) is 48.0 Å². The lowest BCUT2D eigenvalue weighted by Crippen LogP contribution is -2.09. The summed E-state index contributed by atoms with van der Waals surface area (Å²) >= 11 is 1.65. The molecule has 0 saturated carbocycles. The molecule has 6 heteroatoms. The van der Waals surface area contributed by atoms with Crippen molar-refractivity contribution in [1.82, 2.24) is 9.97 Å². The smallest absolute Gasteiger partial charge is 0.260 e. The summed E-state index contributed by atoms with van der Waals surface area (Å²) in [4.78, 5) is 22.3. The zero-order chi connectivity index (χ0) is 19.5. The molecule has 0 unspecified atom stereocenters. The molecule has 1 aliphatic rings. The fraction of sp³-hybridized carbons (Fsp3) is 0.364. The number of nitrogens with one attached hydrogen (secondary N) is 1. The second kappa shape index (κ2) is 8.19. The first-order valence-electron chi connectivity index (χ1n) is 9.73. The van der Waals surface area contributed by atoms with Gasteiger partial charge in [-0.3, -0.25) is 4.79 Å². The van der Waals surface area contributed by atoms with E-state index in [2.05, 4.69) is 16.9 Å². The van der Waals surface area contributed by atoms with Crippen LogP contribution in [0.5, 0.6) is 11.5 Å². The number of benzene rings is 1. The maximum Gasteiger partial charge on any atom is 0.260 e. The van der Waals surface area contributed by atoms with Crippen LogP contribution in [-0.2, 0) is 12.8 Å². The van der Waals surface area contributed by atoms with Crippen molar-refractivity contribution in [3.8, 4) is 11.5 Å². The minimum absolute atomic E-state index is 0.0405. The Hall–Kier alpha value is -2.60. The highest BCUT2D eigenvalue weighted by Crippen LogP contribution is 2.34. The van der Waals surface area contributed by atoms with Gasteiger partial charge < -0.3 is 14.5 Å². The number of hydrogen-bond acceptors (Lipinski definition) is 5. The predicted molar refractivity (Wildman–Crippen MR) is 115 cm³/mol. The molecule has 2 heterocycles. The van der Waals surface area contributed by atoms with E-state index in [-0.39, 0.29) is 5.56 Å². The lowest BCUT2D eigenvalue weighted by atomic mass is 10.2. The van der Waals surface area contributed by atoms with Crippen molar-refractivity contribution in [3.05, 3.63) is 50.4 Å². The quantitative estimate of drug-likeness (QED) is 0.581. The number of methoxy groups -OCH3 is 1. The third-order valence-corrected chi connectivity index (χ3v) is 6.16. The molecule has 1 aliphatic carbocycles. The van der Waals surface area contributed by atoms with Gasteiger partial charge in [-0.25, -0.2) is 4.98 Å². The molecular formula is C22H24N2O3S. The predicted octanol–water partition coefficient (Wildman–Crippen LogP) is 4.83. The van der Waals surface area contributed by atoms with E-state index in [4.69, 9.17) is 9.47 Å². The van der Waals surface area contributed by atoms with E-state index in [9.17, 15) is 4.79 Å². The average Bonchev–Trinajstić information content (AvgIpc) is 3.28. The highest BCUT2D eigenvalue weighted by molar-refractivity contribution is 7.18. The van der Waals surface area contributed by atoms with Gasteiger partial charge >= 0.3 is 0 Å². The molecular weight excluding hydrogens is 372 g/mol. The van der Waals surface area contributed by atoms with Crippen LogP contribution in [0.2, 0.25) is 0 Å². The fourth-order valence-electron chi connectivity index (χ4n) is 3.51. The van der Waals surface area contributed by atoms with Crippen molar-refractivity contribution in [2.24, 2.45) is 0 Å². The van der Waals surface area contributed by atoms with Gasteiger partial charge in [0, 0.05) is 4.88 Å². The standard InChI is InChI=1S/C22H24N2O3S/c1-3-4-12-27-16-10-8-14(13-17(16)26-2)9-11-19-23-21(25)20-15-6-5-7-18(15)28-22(20)24-19/h8-11,13H,3-7,12H2,1-2H3,(H,23,24,25)/b11-9+. The number of hydrogen-bond donors (Lipinski definition) is 1. The highest BCUT2D eigenvalue weighted by atomic mass is 32.1. The minimum atomic E-state index is -0.0405. The first-order chi connectivity index (χ1) is 13.7. The van der Waals surface area contributed by atoms with Crippen LogP contribution in [-0.4, -0.2) is 23.7 Å². The van der Waals surface area contributed by atoms with E-state index in [1.165, 1.54) is 10.4 Å². The monoisotopic (exact) mass is 396 g/mol. The van der Waals surface area contributed by atoms with Gasteiger partial charge in [-0.15, -0.1) is 11.3 Å². The van der Waals surface area contributed by atoms with E-state index in [0.717, 1.165) is 53.6 Å². The molecule has 0 spiro atoms. The number of rotatable bonds is 7. The number of unbranched alkanes of at least 4 members (excludes halogenated alkanes) is 1. The van der Waals surface area contributed by atoms with E-state index in [0.29, 0.717) is 18.2 Å². The molecule has 2 aromatic heterocycles. The van der Waals surface area contributed by atoms with Crippen LogP contribution in [0, 0.1) is 0 Å². The molecule has 0 fully saturated rings. The van der Waals surface area contributed by atoms with Crippen molar-refractivity contribution < 1.29 is 9.47 Å². The SMILES string of the molecule is CCCCOc1ccc(/C=C/c2nc3sc4c(c3c(=O)[nH]2)CCC4)cc1OC. The lowest BCUT2D eigenvalue weighted by Gasteiger charge is -2.10. The van der Waals surface area contributed by atoms with Gasteiger partial charge in [-0.2, -0.15) is 0 Å².